The SMILES string of the molecule is Cc1c(F)cccc1Nc1cc(-c2cccnc2)nc(NC2CCCCC2)n1. The lowest BCUT2D eigenvalue weighted by Gasteiger charge is -2.23. The van der Waals surface area contributed by atoms with E-state index in [1.165, 1.54) is 25.3 Å². The Kier molecular flexibility index (Phi) is 5.46. The average Bonchev–Trinajstić information content (AvgIpc) is 2.73. The van der Waals surface area contributed by atoms with E-state index in [9.17, 15) is 4.39 Å². The van der Waals surface area contributed by atoms with Crippen molar-refractivity contribution >= 4 is 17.5 Å². The van der Waals surface area contributed by atoms with Gasteiger partial charge in [0.05, 0.1) is 5.69 Å². The molecule has 0 atom stereocenters. The van der Waals surface area contributed by atoms with Gasteiger partial charge in [-0.3, -0.25) is 4.98 Å². The molecule has 4 rings (SSSR count). The van der Waals surface area contributed by atoms with Crippen molar-refractivity contribution in [2.75, 3.05) is 10.6 Å². The van der Waals surface area contributed by atoms with Crippen molar-refractivity contribution < 1.29 is 4.39 Å². The number of nitrogens with one attached hydrogen (secondary N) is 2. The minimum atomic E-state index is -0.243. The van der Waals surface area contributed by atoms with E-state index in [4.69, 9.17) is 4.98 Å². The number of aromatic nitrogens is 3. The number of benzene rings is 1. The van der Waals surface area contributed by atoms with E-state index in [1.54, 1.807) is 25.4 Å². The third kappa shape index (κ3) is 4.27. The van der Waals surface area contributed by atoms with E-state index in [2.05, 4.69) is 20.6 Å². The van der Waals surface area contributed by atoms with Crippen molar-refractivity contribution in [2.24, 2.45) is 0 Å². The number of hydrogen-bond acceptors (Lipinski definition) is 5. The molecular formula is C22H24FN5. The van der Waals surface area contributed by atoms with Gasteiger partial charge in [0, 0.05) is 41.3 Å². The molecule has 2 heterocycles. The predicted molar refractivity (Wildman–Crippen MR) is 110 cm³/mol. The number of rotatable bonds is 5. The quantitative estimate of drug-likeness (QED) is 0.617. The molecule has 0 unspecified atom stereocenters. The van der Waals surface area contributed by atoms with E-state index in [-0.39, 0.29) is 5.82 Å². The number of anilines is 3. The number of pyridine rings is 1. The first-order chi connectivity index (χ1) is 13.7. The second-order valence-corrected chi connectivity index (χ2v) is 7.22. The van der Waals surface area contributed by atoms with E-state index >= 15 is 0 Å². The largest absolute Gasteiger partial charge is 0.351 e. The Labute approximate surface area is 164 Å². The molecule has 0 spiro atoms. The predicted octanol–water partition coefficient (Wildman–Crippen LogP) is 5.47. The Balaban J connectivity index is 1.68. The Hall–Kier alpha value is -3.02. The van der Waals surface area contributed by atoms with Gasteiger partial charge in [0.1, 0.15) is 11.6 Å². The summed E-state index contributed by atoms with van der Waals surface area (Å²) in [6.07, 6.45) is 9.53. The van der Waals surface area contributed by atoms with Crippen LogP contribution in [0.1, 0.15) is 37.7 Å². The minimum Gasteiger partial charge on any atom is -0.351 e. The van der Waals surface area contributed by atoms with Gasteiger partial charge in [0.15, 0.2) is 0 Å². The van der Waals surface area contributed by atoms with Crippen LogP contribution >= 0.6 is 0 Å². The summed E-state index contributed by atoms with van der Waals surface area (Å²) in [6.45, 7) is 1.75. The second kappa shape index (κ2) is 8.33. The summed E-state index contributed by atoms with van der Waals surface area (Å²) in [4.78, 5) is 13.5. The maximum absolute atomic E-state index is 13.9. The van der Waals surface area contributed by atoms with Crippen molar-refractivity contribution in [3.63, 3.8) is 0 Å². The van der Waals surface area contributed by atoms with E-state index in [0.717, 1.165) is 24.1 Å². The number of halogens is 1. The van der Waals surface area contributed by atoms with Gasteiger partial charge in [-0.15, -0.1) is 0 Å². The smallest absolute Gasteiger partial charge is 0.225 e. The summed E-state index contributed by atoms with van der Waals surface area (Å²) in [7, 11) is 0. The Morgan fingerprint density at radius 1 is 1.04 bits per heavy atom. The molecule has 144 valence electrons. The molecule has 5 nitrogen and oxygen atoms in total. The molecule has 3 aromatic rings. The van der Waals surface area contributed by atoms with Crippen molar-refractivity contribution in [2.45, 2.75) is 45.1 Å². The van der Waals surface area contributed by atoms with Gasteiger partial charge in [-0.2, -0.15) is 4.98 Å². The number of nitrogens with zero attached hydrogens (tertiary/aromatic N) is 3. The standard InChI is InChI=1S/C22H24FN5/c1-15-18(23)10-5-11-19(15)26-21-13-20(16-7-6-12-24-14-16)27-22(28-21)25-17-8-3-2-4-9-17/h5-7,10-14,17H,2-4,8-9H2,1H3,(H2,25,26,27,28). The molecule has 0 saturated heterocycles. The summed E-state index contributed by atoms with van der Waals surface area (Å²) in [6, 6.07) is 11.1. The maximum Gasteiger partial charge on any atom is 0.225 e. The lowest BCUT2D eigenvalue weighted by Crippen LogP contribution is -2.23. The molecule has 1 saturated carbocycles. The highest BCUT2D eigenvalue weighted by atomic mass is 19.1. The first kappa shape index (κ1) is 18.3. The fraction of sp³-hybridized carbons (Fsp3) is 0.318. The van der Waals surface area contributed by atoms with Gasteiger partial charge < -0.3 is 10.6 Å². The molecule has 0 aliphatic heterocycles. The van der Waals surface area contributed by atoms with Gasteiger partial charge in [-0.25, -0.2) is 9.37 Å². The van der Waals surface area contributed by atoms with Crippen molar-refractivity contribution in [3.8, 4) is 11.3 Å². The lowest BCUT2D eigenvalue weighted by atomic mass is 9.96. The van der Waals surface area contributed by atoms with Gasteiger partial charge in [0.25, 0.3) is 0 Å². The topological polar surface area (TPSA) is 62.7 Å². The average molecular weight is 377 g/mol. The van der Waals surface area contributed by atoms with E-state index < -0.39 is 0 Å². The van der Waals surface area contributed by atoms with Crippen LogP contribution in [-0.2, 0) is 0 Å². The van der Waals surface area contributed by atoms with Crippen molar-refractivity contribution in [1.82, 2.24) is 15.0 Å². The van der Waals surface area contributed by atoms with Gasteiger partial charge in [-0.05, 0) is 44.0 Å². The lowest BCUT2D eigenvalue weighted by molar-refractivity contribution is 0.461. The normalized spacial score (nSPS) is 14.6. The molecule has 2 aromatic heterocycles. The van der Waals surface area contributed by atoms with Crippen LogP contribution < -0.4 is 10.6 Å². The van der Waals surface area contributed by atoms with E-state index in [0.29, 0.717) is 29.1 Å². The van der Waals surface area contributed by atoms with Crippen LogP contribution in [-0.4, -0.2) is 21.0 Å². The Morgan fingerprint density at radius 3 is 2.68 bits per heavy atom. The molecule has 0 amide bonds. The maximum atomic E-state index is 13.9. The van der Waals surface area contributed by atoms with Crippen LogP contribution in [0.15, 0.2) is 48.8 Å². The first-order valence-electron chi connectivity index (χ1n) is 9.77. The summed E-state index contributed by atoms with van der Waals surface area (Å²) in [5.74, 6) is 0.970. The summed E-state index contributed by atoms with van der Waals surface area (Å²) in [5.41, 5.74) is 2.94. The molecular weight excluding hydrogens is 353 g/mol. The second-order valence-electron chi connectivity index (χ2n) is 7.22. The van der Waals surface area contributed by atoms with Crippen molar-refractivity contribution in [1.29, 1.82) is 0 Å². The Bertz CT molecular complexity index is 939. The summed E-state index contributed by atoms with van der Waals surface area (Å²) >= 11 is 0. The molecule has 1 fully saturated rings. The van der Waals surface area contributed by atoms with Crippen LogP contribution in [0, 0.1) is 12.7 Å². The zero-order valence-corrected chi connectivity index (χ0v) is 16.0. The van der Waals surface area contributed by atoms with Crippen LogP contribution in [0.2, 0.25) is 0 Å². The van der Waals surface area contributed by atoms with Crippen LogP contribution in [0.4, 0.5) is 21.8 Å². The third-order valence-electron chi connectivity index (χ3n) is 5.15. The molecule has 1 aromatic carbocycles. The zero-order chi connectivity index (χ0) is 19.3. The highest BCUT2D eigenvalue weighted by Gasteiger charge is 2.16. The molecule has 0 radical (unpaired) electrons. The van der Waals surface area contributed by atoms with Gasteiger partial charge >= 0.3 is 0 Å². The first-order valence-corrected chi connectivity index (χ1v) is 9.77. The fourth-order valence-electron chi connectivity index (χ4n) is 3.55. The molecule has 0 bridgehead atoms. The zero-order valence-electron chi connectivity index (χ0n) is 16.0. The van der Waals surface area contributed by atoms with Crippen LogP contribution in [0.3, 0.4) is 0 Å². The van der Waals surface area contributed by atoms with Crippen LogP contribution in [0.25, 0.3) is 11.3 Å². The fourth-order valence-corrected chi connectivity index (χ4v) is 3.55. The summed E-state index contributed by atoms with van der Waals surface area (Å²) < 4.78 is 13.9. The molecule has 28 heavy (non-hydrogen) atoms. The summed E-state index contributed by atoms with van der Waals surface area (Å²) in [5, 5.41) is 6.74. The highest BCUT2D eigenvalue weighted by molar-refractivity contribution is 5.68. The highest BCUT2D eigenvalue weighted by Crippen LogP contribution is 2.27. The van der Waals surface area contributed by atoms with Gasteiger partial charge in [0.2, 0.25) is 5.95 Å². The number of hydrogen-bond donors (Lipinski definition) is 2. The monoisotopic (exact) mass is 377 g/mol. The van der Waals surface area contributed by atoms with Crippen molar-refractivity contribution in [3.05, 3.63) is 60.2 Å². The van der Waals surface area contributed by atoms with E-state index in [1.807, 2.05) is 24.3 Å². The molecule has 2 N–H and O–H groups in total. The minimum absolute atomic E-state index is 0.243. The Morgan fingerprint density at radius 2 is 1.89 bits per heavy atom. The molecule has 6 heteroatoms. The van der Waals surface area contributed by atoms with Crippen LogP contribution in [0.5, 0.6) is 0 Å². The molecule has 1 aliphatic carbocycles. The molecule has 1 aliphatic rings. The van der Waals surface area contributed by atoms with Gasteiger partial charge in [-0.1, -0.05) is 25.3 Å². The third-order valence-corrected chi connectivity index (χ3v) is 5.15.